The van der Waals surface area contributed by atoms with E-state index in [4.69, 9.17) is 4.74 Å². The van der Waals surface area contributed by atoms with E-state index in [0.717, 1.165) is 25.0 Å². The average molecular weight is 394 g/mol. The number of alkyl halides is 3. The van der Waals surface area contributed by atoms with Crippen LogP contribution in [-0.4, -0.2) is 67.4 Å². The minimum atomic E-state index is -4.42. The van der Waals surface area contributed by atoms with E-state index >= 15 is 0 Å². The number of morpholine rings is 1. The van der Waals surface area contributed by atoms with Crippen molar-refractivity contribution >= 4 is 17.6 Å². The second-order valence-corrected chi connectivity index (χ2v) is 6.66. The van der Waals surface area contributed by atoms with Crippen molar-refractivity contribution in [2.75, 3.05) is 67.2 Å². The van der Waals surface area contributed by atoms with Gasteiger partial charge in [0.05, 0.1) is 18.8 Å². The van der Waals surface area contributed by atoms with E-state index in [1.54, 1.807) is 11.1 Å². The first kappa shape index (κ1) is 18.7. The summed E-state index contributed by atoms with van der Waals surface area (Å²) in [5.74, 6) is 1.44. The van der Waals surface area contributed by atoms with Crippen LogP contribution in [0.4, 0.5) is 30.8 Å². The lowest BCUT2D eigenvalue weighted by atomic mass is 10.2. The molecule has 150 valence electrons. The fraction of sp³-hybridized carbons (Fsp3) is 0.500. The third kappa shape index (κ3) is 3.96. The number of anilines is 3. The van der Waals surface area contributed by atoms with Gasteiger partial charge in [-0.1, -0.05) is 0 Å². The molecule has 2 aromatic rings. The molecule has 0 aromatic carbocycles. The van der Waals surface area contributed by atoms with Crippen molar-refractivity contribution < 1.29 is 17.9 Å². The second kappa shape index (κ2) is 7.78. The zero-order chi connectivity index (χ0) is 19.6. The monoisotopic (exact) mass is 394 g/mol. The molecule has 2 aromatic heterocycles. The van der Waals surface area contributed by atoms with Crippen molar-refractivity contribution in [3.05, 3.63) is 36.2 Å². The number of piperazine rings is 1. The van der Waals surface area contributed by atoms with Crippen LogP contribution in [0.15, 0.2) is 30.6 Å². The minimum absolute atomic E-state index is 0.00802. The van der Waals surface area contributed by atoms with Crippen LogP contribution in [0.5, 0.6) is 0 Å². The summed E-state index contributed by atoms with van der Waals surface area (Å²) >= 11 is 0. The van der Waals surface area contributed by atoms with E-state index in [1.165, 1.54) is 12.3 Å². The Bertz CT molecular complexity index is 804. The van der Waals surface area contributed by atoms with Crippen molar-refractivity contribution in [3.8, 4) is 0 Å². The Morgan fingerprint density at radius 2 is 1.54 bits per heavy atom. The molecule has 10 heteroatoms. The van der Waals surface area contributed by atoms with Gasteiger partial charge < -0.3 is 19.4 Å². The highest BCUT2D eigenvalue weighted by Gasteiger charge is 2.36. The smallest absolute Gasteiger partial charge is 0.378 e. The summed E-state index contributed by atoms with van der Waals surface area (Å²) < 4.78 is 45.1. The highest BCUT2D eigenvalue weighted by molar-refractivity contribution is 5.51. The maximum Gasteiger partial charge on any atom is 0.419 e. The zero-order valence-corrected chi connectivity index (χ0v) is 15.3. The van der Waals surface area contributed by atoms with Gasteiger partial charge in [-0.25, -0.2) is 9.97 Å². The number of hydrogen-bond donors (Lipinski definition) is 0. The molecule has 4 heterocycles. The molecule has 2 aliphatic rings. The van der Waals surface area contributed by atoms with Gasteiger partial charge in [-0.2, -0.15) is 18.2 Å². The third-order valence-corrected chi connectivity index (χ3v) is 4.92. The summed E-state index contributed by atoms with van der Waals surface area (Å²) in [7, 11) is 0. The van der Waals surface area contributed by atoms with Crippen molar-refractivity contribution in [2.24, 2.45) is 0 Å². The van der Waals surface area contributed by atoms with Gasteiger partial charge in [-0.3, -0.25) is 0 Å². The van der Waals surface area contributed by atoms with Crippen molar-refractivity contribution in [1.29, 1.82) is 0 Å². The molecule has 0 spiro atoms. The fourth-order valence-electron chi connectivity index (χ4n) is 3.45. The molecule has 0 atom stereocenters. The number of rotatable bonds is 3. The van der Waals surface area contributed by atoms with E-state index in [1.807, 2.05) is 6.07 Å². The quantitative estimate of drug-likeness (QED) is 0.790. The Morgan fingerprint density at radius 1 is 0.821 bits per heavy atom. The van der Waals surface area contributed by atoms with Crippen LogP contribution in [0.2, 0.25) is 0 Å². The Morgan fingerprint density at radius 3 is 2.25 bits per heavy atom. The average Bonchev–Trinajstić information content (AvgIpc) is 2.74. The van der Waals surface area contributed by atoms with Gasteiger partial charge in [-0.15, -0.1) is 0 Å². The van der Waals surface area contributed by atoms with Crippen LogP contribution in [0.1, 0.15) is 5.56 Å². The van der Waals surface area contributed by atoms with Crippen molar-refractivity contribution in [1.82, 2.24) is 15.0 Å². The predicted molar refractivity (Wildman–Crippen MR) is 98.7 cm³/mol. The molecule has 2 aliphatic heterocycles. The molecule has 0 N–H and O–H groups in total. The maximum absolute atomic E-state index is 13.3. The summed E-state index contributed by atoms with van der Waals surface area (Å²) in [5.41, 5.74) is -0.694. The second-order valence-electron chi connectivity index (χ2n) is 6.66. The van der Waals surface area contributed by atoms with E-state index < -0.39 is 11.7 Å². The molecule has 28 heavy (non-hydrogen) atoms. The van der Waals surface area contributed by atoms with Crippen molar-refractivity contribution in [2.45, 2.75) is 6.18 Å². The molecule has 0 bridgehead atoms. The Labute approximate surface area is 160 Å². The highest BCUT2D eigenvalue weighted by atomic mass is 19.4. The molecule has 0 amide bonds. The normalized spacial score (nSPS) is 18.5. The molecular weight excluding hydrogens is 373 g/mol. The van der Waals surface area contributed by atoms with Gasteiger partial charge in [0.2, 0.25) is 5.95 Å². The summed E-state index contributed by atoms with van der Waals surface area (Å²) in [6.45, 7) is 4.80. The molecule has 0 radical (unpaired) electrons. The standard InChI is InChI=1S/C18H21F3N6O/c19-18(20,21)14-2-1-4-22-16(14)26-8-6-25(7-9-26)15-3-5-23-17(24-15)27-10-12-28-13-11-27/h1-5H,6-13H2. The highest BCUT2D eigenvalue weighted by Crippen LogP contribution is 2.35. The van der Waals surface area contributed by atoms with E-state index in [9.17, 15) is 13.2 Å². The van der Waals surface area contributed by atoms with Crippen LogP contribution < -0.4 is 14.7 Å². The summed E-state index contributed by atoms with van der Waals surface area (Å²) in [4.78, 5) is 18.8. The topological polar surface area (TPSA) is 57.6 Å². The first-order valence-electron chi connectivity index (χ1n) is 9.20. The van der Waals surface area contributed by atoms with Gasteiger partial charge in [0.15, 0.2) is 0 Å². The Kier molecular flexibility index (Phi) is 5.21. The first-order chi connectivity index (χ1) is 13.5. The Hall–Kier alpha value is -2.62. The zero-order valence-electron chi connectivity index (χ0n) is 15.3. The van der Waals surface area contributed by atoms with Gasteiger partial charge in [0.25, 0.3) is 0 Å². The summed E-state index contributed by atoms with van der Waals surface area (Å²) in [5, 5.41) is 0. The van der Waals surface area contributed by atoms with Crippen molar-refractivity contribution in [3.63, 3.8) is 0 Å². The molecule has 0 unspecified atom stereocenters. The van der Waals surface area contributed by atoms with E-state index in [2.05, 4.69) is 24.8 Å². The summed E-state index contributed by atoms with van der Waals surface area (Å²) in [6.07, 6.45) is -1.30. The SMILES string of the molecule is FC(F)(F)c1cccnc1N1CCN(c2ccnc(N3CCOCC3)n2)CC1. The van der Waals surface area contributed by atoms with E-state index in [0.29, 0.717) is 45.3 Å². The molecular formula is C18H21F3N6O. The lowest BCUT2D eigenvalue weighted by molar-refractivity contribution is -0.137. The number of pyridine rings is 1. The summed E-state index contributed by atoms with van der Waals surface area (Å²) in [6, 6.07) is 4.23. The molecule has 2 fully saturated rings. The predicted octanol–water partition coefficient (Wildman–Crippen LogP) is 2.05. The number of ether oxygens (including phenoxy) is 1. The molecule has 2 saturated heterocycles. The molecule has 7 nitrogen and oxygen atoms in total. The van der Waals surface area contributed by atoms with Gasteiger partial charge >= 0.3 is 6.18 Å². The lowest BCUT2D eigenvalue weighted by Gasteiger charge is -2.37. The van der Waals surface area contributed by atoms with Gasteiger partial charge in [0.1, 0.15) is 11.6 Å². The van der Waals surface area contributed by atoms with Crippen LogP contribution in [0.3, 0.4) is 0 Å². The van der Waals surface area contributed by atoms with Crippen LogP contribution in [-0.2, 0) is 10.9 Å². The van der Waals surface area contributed by atoms with Crippen LogP contribution in [0, 0.1) is 0 Å². The van der Waals surface area contributed by atoms with Gasteiger partial charge in [0, 0.05) is 51.7 Å². The molecule has 0 aliphatic carbocycles. The number of aromatic nitrogens is 3. The van der Waals surface area contributed by atoms with Gasteiger partial charge in [-0.05, 0) is 18.2 Å². The largest absolute Gasteiger partial charge is 0.419 e. The van der Waals surface area contributed by atoms with Crippen LogP contribution >= 0.6 is 0 Å². The van der Waals surface area contributed by atoms with Crippen LogP contribution in [0.25, 0.3) is 0 Å². The molecule has 4 rings (SSSR count). The number of hydrogen-bond acceptors (Lipinski definition) is 7. The fourth-order valence-corrected chi connectivity index (χ4v) is 3.45. The minimum Gasteiger partial charge on any atom is -0.378 e. The maximum atomic E-state index is 13.3. The Balaban J connectivity index is 1.45. The lowest BCUT2D eigenvalue weighted by Crippen LogP contribution is -2.47. The number of nitrogens with zero attached hydrogens (tertiary/aromatic N) is 6. The number of halogens is 3. The third-order valence-electron chi connectivity index (χ3n) is 4.92. The van der Waals surface area contributed by atoms with E-state index in [-0.39, 0.29) is 5.82 Å². The first-order valence-corrected chi connectivity index (χ1v) is 9.20. The molecule has 0 saturated carbocycles.